The highest BCUT2D eigenvalue weighted by atomic mass is 15.1. The summed E-state index contributed by atoms with van der Waals surface area (Å²) in [5.41, 5.74) is 3.91. The van der Waals surface area contributed by atoms with Crippen LogP contribution in [0, 0.1) is 13.8 Å². The van der Waals surface area contributed by atoms with Gasteiger partial charge in [0.15, 0.2) is 0 Å². The molecule has 0 saturated heterocycles. The summed E-state index contributed by atoms with van der Waals surface area (Å²) in [5.74, 6) is 1.06. The Labute approximate surface area is 109 Å². The van der Waals surface area contributed by atoms with E-state index in [0.717, 1.165) is 12.4 Å². The van der Waals surface area contributed by atoms with Crippen molar-refractivity contribution in [2.75, 3.05) is 6.54 Å². The molecule has 18 heavy (non-hydrogen) atoms. The molecule has 0 aliphatic carbocycles. The van der Waals surface area contributed by atoms with Crippen molar-refractivity contribution < 1.29 is 0 Å². The van der Waals surface area contributed by atoms with E-state index in [2.05, 4.69) is 53.8 Å². The average molecular weight is 243 g/mol. The number of hydrogen-bond acceptors (Lipinski definition) is 2. The summed E-state index contributed by atoms with van der Waals surface area (Å²) < 4.78 is 2.08. The topological polar surface area (TPSA) is 29.9 Å². The standard InChI is InChI=1S/C15H21N3/c1-5-16-14(15-17-8-9-18(15)4)13-7-6-11(2)10-12(13)3/h6-10,14,16H,5H2,1-4H3. The minimum Gasteiger partial charge on any atom is -0.336 e. The predicted octanol–water partition coefficient (Wildman–Crippen LogP) is 2.74. The Morgan fingerprint density at radius 1 is 1.33 bits per heavy atom. The van der Waals surface area contributed by atoms with Crippen molar-refractivity contribution in [2.24, 2.45) is 7.05 Å². The van der Waals surface area contributed by atoms with Crippen molar-refractivity contribution >= 4 is 0 Å². The first-order valence-corrected chi connectivity index (χ1v) is 6.41. The summed E-state index contributed by atoms with van der Waals surface area (Å²) in [6.45, 7) is 7.33. The van der Waals surface area contributed by atoms with E-state index in [1.54, 1.807) is 0 Å². The molecule has 0 bridgehead atoms. The van der Waals surface area contributed by atoms with Crippen LogP contribution in [0.4, 0.5) is 0 Å². The Balaban J connectivity index is 2.45. The number of benzene rings is 1. The van der Waals surface area contributed by atoms with E-state index in [1.807, 2.05) is 19.4 Å². The average Bonchev–Trinajstić information content (AvgIpc) is 2.73. The van der Waals surface area contributed by atoms with Crippen molar-refractivity contribution in [2.45, 2.75) is 26.8 Å². The molecule has 96 valence electrons. The molecule has 0 fully saturated rings. The van der Waals surface area contributed by atoms with Gasteiger partial charge in [0.1, 0.15) is 5.82 Å². The Bertz CT molecular complexity index is 528. The van der Waals surface area contributed by atoms with Crippen LogP contribution in [0.5, 0.6) is 0 Å². The van der Waals surface area contributed by atoms with Gasteiger partial charge in [0.2, 0.25) is 0 Å². The lowest BCUT2D eigenvalue weighted by Gasteiger charge is -2.20. The number of nitrogens with zero attached hydrogens (tertiary/aromatic N) is 2. The van der Waals surface area contributed by atoms with Crippen molar-refractivity contribution in [1.29, 1.82) is 0 Å². The van der Waals surface area contributed by atoms with Crippen molar-refractivity contribution in [1.82, 2.24) is 14.9 Å². The van der Waals surface area contributed by atoms with Gasteiger partial charge in [-0.3, -0.25) is 0 Å². The summed E-state index contributed by atoms with van der Waals surface area (Å²) in [7, 11) is 2.04. The third-order valence-corrected chi connectivity index (χ3v) is 3.26. The number of aromatic nitrogens is 2. The third-order valence-electron chi connectivity index (χ3n) is 3.26. The molecule has 1 aromatic carbocycles. The van der Waals surface area contributed by atoms with Gasteiger partial charge >= 0.3 is 0 Å². The van der Waals surface area contributed by atoms with E-state index in [0.29, 0.717) is 0 Å². The molecular weight excluding hydrogens is 222 g/mol. The second-order valence-corrected chi connectivity index (χ2v) is 4.75. The summed E-state index contributed by atoms with van der Waals surface area (Å²) >= 11 is 0. The smallest absolute Gasteiger partial charge is 0.130 e. The molecule has 0 spiro atoms. The fourth-order valence-electron chi connectivity index (χ4n) is 2.35. The SMILES string of the molecule is CCNC(c1ccc(C)cc1C)c1nccn1C. The third kappa shape index (κ3) is 2.46. The molecule has 1 heterocycles. The van der Waals surface area contributed by atoms with Crippen LogP contribution in [0.1, 0.15) is 35.5 Å². The summed E-state index contributed by atoms with van der Waals surface area (Å²) in [6, 6.07) is 6.75. The molecular formula is C15H21N3. The van der Waals surface area contributed by atoms with E-state index < -0.39 is 0 Å². The molecule has 3 nitrogen and oxygen atoms in total. The zero-order valence-corrected chi connectivity index (χ0v) is 11.6. The molecule has 2 aromatic rings. The zero-order chi connectivity index (χ0) is 13.1. The summed E-state index contributed by atoms with van der Waals surface area (Å²) in [6.07, 6.45) is 3.84. The van der Waals surface area contributed by atoms with Crippen LogP contribution in [0.25, 0.3) is 0 Å². The molecule has 1 aromatic heterocycles. The lowest BCUT2D eigenvalue weighted by molar-refractivity contribution is 0.574. The molecule has 1 atom stereocenters. The van der Waals surface area contributed by atoms with E-state index in [4.69, 9.17) is 0 Å². The maximum absolute atomic E-state index is 4.48. The van der Waals surface area contributed by atoms with E-state index >= 15 is 0 Å². The molecule has 0 aliphatic heterocycles. The molecule has 0 radical (unpaired) electrons. The van der Waals surface area contributed by atoms with Gasteiger partial charge in [0, 0.05) is 19.4 Å². The second-order valence-electron chi connectivity index (χ2n) is 4.75. The van der Waals surface area contributed by atoms with Gasteiger partial charge in [-0.25, -0.2) is 4.98 Å². The van der Waals surface area contributed by atoms with Crippen molar-refractivity contribution in [3.63, 3.8) is 0 Å². The Morgan fingerprint density at radius 2 is 2.11 bits per heavy atom. The van der Waals surface area contributed by atoms with Crippen LogP contribution in [-0.4, -0.2) is 16.1 Å². The first-order valence-electron chi connectivity index (χ1n) is 6.41. The summed E-state index contributed by atoms with van der Waals surface area (Å²) in [4.78, 5) is 4.48. The van der Waals surface area contributed by atoms with E-state index in [-0.39, 0.29) is 6.04 Å². The maximum atomic E-state index is 4.48. The predicted molar refractivity (Wildman–Crippen MR) is 74.6 cm³/mol. The minimum atomic E-state index is 0.163. The van der Waals surface area contributed by atoms with Crippen molar-refractivity contribution in [3.05, 3.63) is 53.1 Å². The van der Waals surface area contributed by atoms with E-state index in [9.17, 15) is 0 Å². The number of rotatable bonds is 4. The van der Waals surface area contributed by atoms with Gasteiger partial charge in [-0.2, -0.15) is 0 Å². The van der Waals surface area contributed by atoms with Gasteiger partial charge in [-0.1, -0.05) is 30.7 Å². The van der Waals surface area contributed by atoms with Gasteiger partial charge in [-0.05, 0) is 31.5 Å². The first-order chi connectivity index (χ1) is 8.63. The largest absolute Gasteiger partial charge is 0.336 e. The van der Waals surface area contributed by atoms with Crippen LogP contribution in [0.15, 0.2) is 30.6 Å². The van der Waals surface area contributed by atoms with Crippen LogP contribution >= 0.6 is 0 Å². The van der Waals surface area contributed by atoms with Crippen LogP contribution in [-0.2, 0) is 7.05 Å². The highest BCUT2D eigenvalue weighted by Crippen LogP contribution is 2.24. The number of aryl methyl sites for hydroxylation is 3. The van der Waals surface area contributed by atoms with E-state index in [1.165, 1.54) is 16.7 Å². The van der Waals surface area contributed by atoms with Crippen molar-refractivity contribution in [3.8, 4) is 0 Å². The Morgan fingerprint density at radius 3 is 2.67 bits per heavy atom. The number of hydrogen-bond donors (Lipinski definition) is 1. The van der Waals surface area contributed by atoms with Gasteiger partial charge in [0.25, 0.3) is 0 Å². The Hall–Kier alpha value is -1.61. The fraction of sp³-hybridized carbons (Fsp3) is 0.400. The van der Waals surface area contributed by atoms with Crippen LogP contribution in [0.3, 0.4) is 0 Å². The minimum absolute atomic E-state index is 0.163. The molecule has 0 saturated carbocycles. The molecule has 2 rings (SSSR count). The van der Waals surface area contributed by atoms with Gasteiger partial charge in [-0.15, -0.1) is 0 Å². The molecule has 0 amide bonds. The zero-order valence-electron chi connectivity index (χ0n) is 11.6. The monoisotopic (exact) mass is 243 g/mol. The number of imidazole rings is 1. The van der Waals surface area contributed by atoms with Gasteiger partial charge < -0.3 is 9.88 Å². The normalized spacial score (nSPS) is 12.7. The lowest BCUT2D eigenvalue weighted by atomic mass is 9.98. The fourth-order valence-corrected chi connectivity index (χ4v) is 2.35. The second kappa shape index (κ2) is 5.36. The molecule has 1 unspecified atom stereocenters. The first kappa shape index (κ1) is 12.8. The highest BCUT2D eigenvalue weighted by molar-refractivity contribution is 5.35. The quantitative estimate of drug-likeness (QED) is 0.895. The van der Waals surface area contributed by atoms with Gasteiger partial charge in [0.05, 0.1) is 6.04 Å². The Kier molecular flexibility index (Phi) is 3.82. The molecule has 1 N–H and O–H groups in total. The van der Waals surface area contributed by atoms with Crippen LogP contribution < -0.4 is 5.32 Å². The lowest BCUT2D eigenvalue weighted by Crippen LogP contribution is -2.25. The number of nitrogens with one attached hydrogen (secondary N) is 1. The molecule has 0 aliphatic rings. The van der Waals surface area contributed by atoms with Crippen LogP contribution in [0.2, 0.25) is 0 Å². The highest BCUT2D eigenvalue weighted by Gasteiger charge is 2.18. The molecule has 3 heteroatoms. The summed E-state index contributed by atoms with van der Waals surface area (Å²) in [5, 5.41) is 3.52. The maximum Gasteiger partial charge on any atom is 0.130 e.